The van der Waals surface area contributed by atoms with E-state index in [9.17, 15) is 4.79 Å². The maximum Gasteiger partial charge on any atom is 0.306 e. The summed E-state index contributed by atoms with van der Waals surface area (Å²) in [5.74, 6) is -0.678. The van der Waals surface area contributed by atoms with Crippen LogP contribution in [-0.2, 0) is 17.8 Å². The quantitative estimate of drug-likeness (QED) is 0.668. The molecule has 1 saturated carbocycles. The number of aromatic nitrogens is 1. The molecular weight excluding hydrogens is 370 g/mol. The minimum Gasteiger partial charge on any atom is -0.486 e. The largest absolute Gasteiger partial charge is 0.486 e. The zero-order valence-electron chi connectivity index (χ0n) is 14.7. The molecule has 1 aliphatic rings. The molecule has 0 radical (unpaired) electrons. The van der Waals surface area contributed by atoms with Gasteiger partial charge in [-0.1, -0.05) is 37.1 Å². The lowest BCUT2D eigenvalue weighted by Gasteiger charge is -2.24. The average molecular weight is 392 g/mol. The fraction of sp³-hybridized carbons (Fsp3) is 0.400. The van der Waals surface area contributed by atoms with Crippen LogP contribution in [0.3, 0.4) is 0 Å². The summed E-state index contributed by atoms with van der Waals surface area (Å²) in [5, 5.41) is 11.2. The zero-order chi connectivity index (χ0) is 18.5. The Hall–Kier alpha value is -1.72. The number of halogens is 1. The van der Waals surface area contributed by atoms with Crippen molar-refractivity contribution in [2.24, 2.45) is 5.92 Å². The normalized spacial score (nSPS) is 15.3. The molecule has 0 bridgehead atoms. The molecule has 138 valence electrons. The first-order chi connectivity index (χ1) is 12.5. The van der Waals surface area contributed by atoms with Gasteiger partial charge in [0, 0.05) is 5.25 Å². The highest BCUT2D eigenvalue weighted by Gasteiger charge is 2.19. The van der Waals surface area contributed by atoms with Gasteiger partial charge in [0.1, 0.15) is 12.4 Å². The summed E-state index contributed by atoms with van der Waals surface area (Å²) in [4.78, 5) is 15.6. The van der Waals surface area contributed by atoms with Crippen molar-refractivity contribution < 1.29 is 14.6 Å². The summed E-state index contributed by atoms with van der Waals surface area (Å²) in [6.45, 7) is 2.03. The van der Waals surface area contributed by atoms with E-state index in [1.54, 1.807) is 19.1 Å². The lowest BCUT2D eigenvalue weighted by molar-refractivity contribution is -0.141. The molecule has 26 heavy (non-hydrogen) atoms. The summed E-state index contributed by atoms with van der Waals surface area (Å²) in [6, 6.07) is 11.4. The fourth-order valence-electron chi connectivity index (χ4n) is 2.64. The molecule has 2 aromatic rings. The molecule has 0 amide bonds. The number of thioether (sulfide) groups is 1. The third-order valence-corrected chi connectivity index (χ3v) is 6.03. The van der Waals surface area contributed by atoms with Gasteiger partial charge < -0.3 is 9.84 Å². The molecule has 6 heteroatoms. The monoisotopic (exact) mass is 391 g/mol. The first kappa shape index (κ1) is 19.1. The van der Waals surface area contributed by atoms with E-state index in [-0.39, 0.29) is 0 Å². The molecular formula is C20H22ClNO3S. The molecule has 0 spiro atoms. The van der Waals surface area contributed by atoms with Crippen LogP contribution in [0, 0.1) is 5.92 Å². The predicted octanol–water partition coefficient (Wildman–Crippen LogP) is 5.22. The Kier molecular flexibility index (Phi) is 6.43. The van der Waals surface area contributed by atoms with Gasteiger partial charge in [0.15, 0.2) is 0 Å². The second-order valence-corrected chi connectivity index (χ2v) is 8.36. The number of carbonyl (C=O) groups is 1. The number of hydrogen-bond donors (Lipinski definition) is 1. The molecule has 1 aliphatic carbocycles. The van der Waals surface area contributed by atoms with Gasteiger partial charge in [-0.15, -0.1) is 11.8 Å². The van der Waals surface area contributed by atoms with Gasteiger partial charge >= 0.3 is 5.97 Å². The molecule has 0 saturated heterocycles. The Bertz CT molecular complexity index is 779. The van der Waals surface area contributed by atoms with Crippen LogP contribution in [0.15, 0.2) is 41.4 Å². The first-order valence-electron chi connectivity index (χ1n) is 8.78. The first-order valence-corrected chi connectivity index (χ1v) is 10.0. The van der Waals surface area contributed by atoms with Crippen molar-refractivity contribution in [2.45, 2.75) is 49.5 Å². The Morgan fingerprint density at radius 2 is 2.19 bits per heavy atom. The second-order valence-electron chi connectivity index (χ2n) is 6.63. The van der Waals surface area contributed by atoms with Crippen molar-refractivity contribution in [1.82, 2.24) is 4.98 Å². The molecule has 1 unspecified atom stereocenters. The summed E-state index contributed by atoms with van der Waals surface area (Å²) in [6.07, 6.45) is 4.31. The van der Waals surface area contributed by atoms with E-state index in [0.717, 1.165) is 16.3 Å². The molecule has 1 atom stereocenters. The van der Waals surface area contributed by atoms with Crippen LogP contribution in [0.4, 0.5) is 0 Å². The van der Waals surface area contributed by atoms with E-state index in [2.05, 4.69) is 4.98 Å². The number of rotatable bonds is 8. The maximum atomic E-state index is 11.0. The Morgan fingerprint density at radius 1 is 1.38 bits per heavy atom. The SMILES string of the molecule is CC(Cc1ccc(OCc2cccc(SC3CCC3)n2)c(Cl)c1)C(=O)O. The zero-order valence-corrected chi connectivity index (χ0v) is 16.2. The van der Waals surface area contributed by atoms with Crippen molar-refractivity contribution in [3.8, 4) is 5.75 Å². The molecule has 1 heterocycles. The van der Waals surface area contributed by atoms with Crippen molar-refractivity contribution in [2.75, 3.05) is 0 Å². The van der Waals surface area contributed by atoms with Crippen LogP contribution >= 0.6 is 23.4 Å². The Labute approximate surface area is 162 Å². The number of ether oxygens (including phenoxy) is 1. The van der Waals surface area contributed by atoms with Crippen LogP contribution in [0.25, 0.3) is 0 Å². The van der Waals surface area contributed by atoms with Crippen LogP contribution in [0.2, 0.25) is 5.02 Å². The molecule has 3 rings (SSSR count). The standard InChI is InChI=1S/C20H22ClNO3S/c1-13(20(23)24)10-14-8-9-18(17(21)11-14)25-12-15-4-2-7-19(22-15)26-16-5-3-6-16/h2,4,7-9,11,13,16H,3,5-6,10,12H2,1H3,(H,23,24). The van der Waals surface area contributed by atoms with E-state index in [1.165, 1.54) is 19.3 Å². The van der Waals surface area contributed by atoms with Crippen LogP contribution in [-0.4, -0.2) is 21.3 Å². The number of aliphatic carboxylic acids is 1. The third kappa shape index (κ3) is 5.15. The van der Waals surface area contributed by atoms with E-state index in [1.807, 2.05) is 36.0 Å². The third-order valence-electron chi connectivity index (χ3n) is 4.46. The highest BCUT2D eigenvalue weighted by atomic mass is 35.5. The molecule has 1 fully saturated rings. The van der Waals surface area contributed by atoms with Gasteiger partial charge in [0.2, 0.25) is 0 Å². The van der Waals surface area contributed by atoms with Crippen LogP contribution in [0.1, 0.15) is 37.4 Å². The summed E-state index contributed by atoms with van der Waals surface area (Å²) < 4.78 is 5.81. The molecule has 1 aromatic heterocycles. The van der Waals surface area contributed by atoms with Crippen molar-refractivity contribution in [1.29, 1.82) is 0 Å². The number of benzene rings is 1. The van der Waals surface area contributed by atoms with E-state index >= 15 is 0 Å². The predicted molar refractivity (Wildman–Crippen MR) is 104 cm³/mol. The topological polar surface area (TPSA) is 59.4 Å². The maximum absolute atomic E-state index is 11.0. The highest BCUT2D eigenvalue weighted by Crippen LogP contribution is 2.35. The van der Waals surface area contributed by atoms with Gasteiger partial charge in [-0.25, -0.2) is 4.98 Å². The number of hydrogen-bond acceptors (Lipinski definition) is 4. The average Bonchev–Trinajstić information content (AvgIpc) is 2.58. The van der Waals surface area contributed by atoms with Crippen molar-refractivity contribution in [3.05, 3.63) is 52.7 Å². The number of carboxylic acid groups (broad SMARTS) is 1. The van der Waals surface area contributed by atoms with Crippen molar-refractivity contribution >= 4 is 29.3 Å². The minimum absolute atomic E-state index is 0.351. The van der Waals surface area contributed by atoms with Crippen molar-refractivity contribution in [3.63, 3.8) is 0 Å². The summed E-state index contributed by atoms with van der Waals surface area (Å²) in [5.41, 5.74) is 1.75. The minimum atomic E-state index is -0.813. The Balaban J connectivity index is 1.59. The summed E-state index contributed by atoms with van der Waals surface area (Å²) in [7, 11) is 0. The smallest absolute Gasteiger partial charge is 0.306 e. The van der Waals surface area contributed by atoms with E-state index in [4.69, 9.17) is 21.4 Å². The van der Waals surface area contributed by atoms with Gasteiger partial charge in [-0.05, 0) is 49.1 Å². The van der Waals surface area contributed by atoms with Crippen LogP contribution in [0.5, 0.6) is 5.75 Å². The lowest BCUT2D eigenvalue weighted by atomic mass is 10.0. The summed E-state index contributed by atoms with van der Waals surface area (Å²) >= 11 is 8.13. The van der Waals surface area contributed by atoms with Gasteiger partial charge in [-0.2, -0.15) is 0 Å². The fourth-order valence-corrected chi connectivity index (χ4v) is 4.14. The van der Waals surface area contributed by atoms with Crippen LogP contribution < -0.4 is 4.74 Å². The van der Waals surface area contributed by atoms with Gasteiger partial charge in [0.05, 0.1) is 21.7 Å². The second kappa shape index (κ2) is 8.78. The molecule has 1 aromatic carbocycles. The molecule has 0 aliphatic heterocycles. The molecule has 1 N–H and O–H groups in total. The van der Waals surface area contributed by atoms with Gasteiger partial charge in [0.25, 0.3) is 0 Å². The lowest BCUT2D eigenvalue weighted by Crippen LogP contribution is -2.13. The number of nitrogens with zero attached hydrogens (tertiary/aromatic N) is 1. The Morgan fingerprint density at radius 3 is 2.85 bits per heavy atom. The van der Waals surface area contributed by atoms with E-state index < -0.39 is 11.9 Å². The molecule has 4 nitrogen and oxygen atoms in total. The van der Waals surface area contributed by atoms with Gasteiger partial charge in [-0.3, -0.25) is 4.79 Å². The van der Waals surface area contributed by atoms with E-state index in [0.29, 0.717) is 29.0 Å². The number of pyridine rings is 1. The highest BCUT2D eigenvalue weighted by molar-refractivity contribution is 7.99. The number of carboxylic acids is 1.